The third-order valence-corrected chi connectivity index (χ3v) is 3.70. The predicted octanol–water partition coefficient (Wildman–Crippen LogP) is -1.36. The zero-order valence-corrected chi connectivity index (χ0v) is 12.9. The smallest absolute Gasteiger partial charge is 0.253 e. The summed E-state index contributed by atoms with van der Waals surface area (Å²) in [5.41, 5.74) is 0. The number of ether oxygens (including phenoxy) is 1. The van der Waals surface area contributed by atoms with Gasteiger partial charge in [0.25, 0.3) is 5.91 Å². The molecule has 0 spiro atoms. The van der Waals surface area contributed by atoms with Gasteiger partial charge < -0.3 is 20.3 Å². The molecule has 0 aromatic carbocycles. The molecule has 2 aliphatic rings. The van der Waals surface area contributed by atoms with E-state index in [1.807, 2.05) is 18.7 Å². The van der Waals surface area contributed by atoms with Crippen LogP contribution in [0.3, 0.4) is 0 Å². The van der Waals surface area contributed by atoms with Gasteiger partial charge in [0.2, 0.25) is 5.91 Å². The lowest BCUT2D eigenvalue weighted by Crippen LogP contribution is -2.56. The van der Waals surface area contributed by atoms with Gasteiger partial charge in [-0.15, -0.1) is 0 Å². The molecule has 120 valence electrons. The Balaban J connectivity index is 1.72. The van der Waals surface area contributed by atoms with Gasteiger partial charge >= 0.3 is 0 Å². The van der Waals surface area contributed by atoms with Crippen LogP contribution in [0.4, 0.5) is 0 Å². The van der Waals surface area contributed by atoms with Crippen molar-refractivity contribution in [2.24, 2.45) is 0 Å². The first-order valence-corrected chi connectivity index (χ1v) is 7.69. The second kappa shape index (κ2) is 7.72. The molecule has 2 heterocycles. The summed E-state index contributed by atoms with van der Waals surface area (Å²) in [5, 5.41) is 6.06. The van der Waals surface area contributed by atoms with E-state index in [4.69, 9.17) is 4.74 Å². The predicted molar refractivity (Wildman–Crippen MR) is 78.9 cm³/mol. The molecule has 2 N–H and O–H groups in total. The number of morpholine rings is 1. The third-order valence-electron chi connectivity index (χ3n) is 3.70. The van der Waals surface area contributed by atoms with E-state index in [-0.39, 0.29) is 24.0 Å². The highest BCUT2D eigenvalue weighted by Crippen LogP contribution is 2.07. The van der Waals surface area contributed by atoms with Crippen LogP contribution in [-0.4, -0.2) is 86.2 Å². The van der Waals surface area contributed by atoms with E-state index in [1.165, 1.54) is 0 Å². The Bertz CT molecular complexity index is 361. The Hall–Kier alpha value is -1.18. The van der Waals surface area contributed by atoms with E-state index >= 15 is 0 Å². The van der Waals surface area contributed by atoms with Crippen molar-refractivity contribution in [1.82, 2.24) is 20.4 Å². The number of rotatable bonds is 4. The monoisotopic (exact) mass is 298 g/mol. The fraction of sp³-hybridized carbons (Fsp3) is 0.857. The minimum Gasteiger partial charge on any atom is -0.366 e. The van der Waals surface area contributed by atoms with Gasteiger partial charge in [-0.1, -0.05) is 0 Å². The molecule has 0 radical (unpaired) electrons. The Morgan fingerprint density at radius 1 is 1.29 bits per heavy atom. The molecule has 7 heteroatoms. The maximum atomic E-state index is 12.3. The molecular formula is C14H26N4O3. The number of carbonyl (C=O) groups is 2. The minimum absolute atomic E-state index is 0.0459. The van der Waals surface area contributed by atoms with E-state index in [1.54, 1.807) is 0 Å². The average molecular weight is 298 g/mol. The minimum atomic E-state index is -0.352. The van der Waals surface area contributed by atoms with Gasteiger partial charge in [-0.3, -0.25) is 14.5 Å². The topological polar surface area (TPSA) is 73.9 Å². The van der Waals surface area contributed by atoms with Crippen LogP contribution >= 0.6 is 0 Å². The van der Waals surface area contributed by atoms with Crippen LogP contribution in [0, 0.1) is 0 Å². The van der Waals surface area contributed by atoms with Crippen LogP contribution in [0.5, 0.6) is 0 Å². The molecule has 0 unspecified atom stereocenters. The van der Waals surface area contributed by atoms with Crippen molar-refractivity contribution in [1.29, 1.82) is 0 Å². The first-order chi connectivity index (χ1) is 10.1. The molecule has 0 aliphatic carbocycles. The standard InChI is InChI=1S/C14H26N4O3/c1-11(2)16-13(19)10-17-4-6-18(7-5-17)14(20)12-9-15-3-8-21-12/h11-12,15H,3-10H2,1-2H3,(H,16,19)/t12-/m1/s1. The summed E-state index contributed by atoms with van der Waals surface area (Å²) in [6.45, 7) is 9.08. The van der Waals surface area contributed by atoms with Gasteiger partial charge in [-0.2, -0.15) is 0 Å². The van der Waals surface area contributed by atoms with Gasteiger partial charge in [-0.25, -0.2) is 0 Å². The molecule has 21 heavy (non-hydrogen) atoms. The Morgan fingerprint density at radius 2 is 2.00 bits per heavy atom. The molecule has 0 aromatic heterocycles. The fourth-order valence-electron chi connectivity index (χ4n) is 2.62. The van der Waals surface area contributed by atoms with Gasteiger partial charge in [0, 0.05) is 45.3 Å². The first kappa shape index (κ1) is 16.2. The van der Waals surface area contributed by atoms with Crippen molar-refractivity contribution in [2.45, 2.75) is 26.0 Å². The van der Waals surface area contributed by atoms with Crippen molar-refractivity contribution >= 4 is 11.8 Å². The van der Waals surface area contributed by atoms with Crippen molar-refractivity contribution in [3.63, 3.8) is 0 Å². The average Bonchev–Trinajstić information content (AvgIpc) is 2.47. The number of nitrogens with one attached hydrogen (secondary N) is 2. The highest BCUT2D eigenvalue weighted by atomic mass is 16.5. The quantitative estimate of drug-likeness (QED) is 0.671. The zero-order valence-electron chi connectivity index (χ0n) is 12.9. The summed E-state index contributed by atoms with van der Waals surface area (Å²) in [6, 6.07) is 0.163. The molecule has 0 aromatic rings. The number of piperazine rings is 1. The lowest BCUT2D eigenvalue weighted by atomic mass is 10.2. The number of hydrogen-bond acceptors (Lipinski definition) is 5. The molecular weight excluding hydrogens is 272 g/mol. The maximum Gasteiger partial charge on any atom is 0.253 e. The molecule has 0 bridgehead atoms. The summed E-state index contributed by atoms with van der Waals surface area (Å²) in [6.07, 6.45) is -0.352. The molecule has 2 amide bonds. The Labute approximate surface area is 126 Å². The largest absolute Gasteiger partial charge is 0.366 e. The number of nitrogens with zero attached hydrogens (tertiary/aromatic N) is 2. The van der Waals surface area contributed by atoms with Crippen LogP contribution in [0.2, 0.25) is 0 Å². The van der Waals surface area contributed by atoms with E-state index in [9.17, 15) is 9.59 Å². The summed E-state index contributed by atoms with van der Waals surface area (Å²) < 4.78 is 5.50. The maximum absolute atomic E-state index is 12.3. The van der Waals surface area contributed by atoms with E-state index in [0.717, 1.165) is 19.6 Å². The zero-order chi connectivity index (χ0) is 15.2. The van der Waals surface area contributed by atoms with Crippen LogP contribution in [-0.2, 0) is 14.3 Å². The van der Waals surface area contributed by atoms with Gasteiger partial charge in [0.05, 0.1) is 13.2 Å². The van der Waals surface area contributed by atoms with Crippen LogP contribution in [0.25, 0.3) is 0 Å². The van der Waals surface area contributed by atoms with Crippen LogP contribution in [0.1, 0.15) is 13.8 Å². The highest BCUT2D eigenvalue weighted by molar-refractivity contribution is 5.81. The lowest BCUT2D eigenvalue weighted by molar-refractivity contribution is -0.147. The van der Waals surface area contributed by atoms with Gasteiger partial charge in [-0.05, 0) is 13.8 Å². The molecule has 7 nitrogen and oxygen atoms in total. The van der Waals surface area contributed by atoms with Crippen molar-refractivity contribution in [3.8, 4) is 0 Å². The number of amides is 2. The Morgan fingerprint density at radius 3 is 2.57 bits per heavy atom. The van der Waals surface area contributed by atoms with E-state index in [2.05, 4.69) is 15.5 Å². The van der Waals surface area contributed by atoms with E-state index < -0.39 is 0 Å². The first-order valence-electron chi connectivity index (χ1n) is 7.69. The highest BCUT2D eigenvalue weighted by Gasteiger charge is 2.29. The lowest BCUT2D eigenvalue weighted by Gasteiger charge is -2.36. The molecule has 2 saturated heterocycles. The van der Waals surface area contributed by atoms with Crippen molar-refractivity contribution < 1.29 is 14.3 Å². The molecule has 0 saturated carbocycles. The molecule has 2 aliphatic heterocycles. The van der Waals surface area contributed by atoms with Crippen LogP contribution < -0.4 is 10.6 Å². The fourth-order valence-corrected chi connectivity index (χ4v) is 2.62. The van der Waals surface area contributed by atoms with Crippen molar-refractivity contribution in [3.05, 3.63) is 0 Å². The normalized spacial score (nSPS) is 24.1. The summed E-state index contributed by atoms with van der Waals surface area (Å²) in [5.74, 6) is 0.109. The van der Waals surface area contributed by atoms with E-state index in [0.29, 0.717) is 32.8 Å². The summed E-state index contributed by atoms with van der Waals surface area (Å²) in [4.78, 5) is 27.9. The molecule has 2 rings (SSSR count). The second-order valence-electron chi connectivity index (χ2n) is 5.89. The third kappa shape index (κ3) is 4.94. The summed E-state index contributed by atoms with van der Waals surface area (Å²) >= 11 is 0. The number of carbonyl (C=O) groups excluding carboxylic acids is 2. The SMILES string of the molecule is CC(C)NC(=O)CN1CCN(C(=O)[C@H]2CNCCO2)CC1. The van der Waals surface area contributed by atoms with Gasteiger partial charge in [0.15, 0.2) is 0 Å². The Kier molecular flexibility index (Phi) is 5.96. The number of hydrogen-bond donors (Lipinski definition) is 2. The van der Waals surface area contributed by atoms with Crippen LogP contribution in [0.15, 0.2) is 0 Å². The second-order valence-corrected chi connectivity index (χ2v) is 5.89. The molecule has 2 fully saturated rings. The van der Waals surface area contributed by atoms with Crippen molar-refractivity contribution in [2.75, 3.05) is 52.4 Å². The van der Waals surface area contributed by atoms with Gasteiger partial charge in [0.1, 0.15) is 6.10 Å². The molecule has 1 atom stereocenters. The summed E-state index contributed by atoms with van der Waals surface area (Å²) in [7, 11) is 0.